The first-order valence-electron chi connectivity index (χ1n) is 7.36. The van der Waals surface area contributed by atoms with E-state index in [2.05, 4.69) is 38.2 Å². The lowest BCUT2D eigenvalue weighted by Gasteiger charge is -2.23. The van der Waals surface area contributed by atoms with Crippen molar-refractivity contribution in [1.29, 1.82) is 0 Å². The van der Waals surface area contributed by atoms with Crippen LogP contribution in [0, 0.1) is 0 Å². The molecule has 0 fully saturated rings. The topological polar surface area (TPSA) is 30.5 Å². The van der Waals surface area contributed by atoms with Crippen molar-refractivity contribution in [2.75, 3.05) is 13.2 Å². The van der Waals surface area contributed by atoms with Gasteiger partial charge in [0.1, 0.15) is 13.2 Å². The molecule has 3 nitrogen and oxygen atoms in total. The Morgan fingerprint density at radius 2 is 1.89 bits per heavy atom. The van der Waals surface area contributed by atoms with Crippen LogP contribution in [0.2, 0.25) is 0 Å². The maximum absolute atomic E-state index is 5.63. The summed E-state index contributed by atoms with van der Waals surface area (Å²) in [7, 11) is 0. The van der Waals surface area contributed by atoms with Gasteiger partial charge in [0.25, 0.3) is 0 Å². The molecule has 2 unspecified atom stereocenters. The van der Waals surface area contributed by atoms with E-state index in [9.17, 15) is 0 Å². The molecule has 0 aliphatic carbocycles. The van der Waals surface area contributed by atoms with E-state index >= 15 is 0 Å². The van der Waals surface area contributed by atoms with Gasteiger partial charge in [0.15, 0.2) is 11.5 Å². The zero-order chi connectivity index (χ0) is 13.7. The standard InChI is InChI=1S/C16H25NO2/c1-4-5-6-12(2)17-13(3)14-7-8-15-16(11-14)19-10-9-18-15/h7-8,11-13,17H,4-6,9-10H2,1-3H3. The van der Waals surface area contributed by atoms with E-state index in [0.29, 0.717) is 25.3 Å². The minimum Gasteiger partial charge on any atom is -0.486 e. The monoisotopic (exact) mass is 263 g/mol. The fourth-order valence-corrected chi connectivity index (χ4v) is 2.45. The van der Waals surface area contributed by atoms with Gasteiger partial charge >= 0.3 is 0 Å². The Hall–Kier alpha value is -1.22. The second-order valence-corrected chi connectivity index (χ2v) is 5.33. The van der Waals surface area contributed by atoms with Crippen LogP contribution in [0.4, 0.5) is 0 Å². The first kappa shape index (κ1) is 14.2. The lowest BCUT2D eigenvalue weighted by atomic mass is 10.0. The van der Waals surface area contributed by atoms with Crippen molar-refractivity contribution in [3.8, 4) is 11.5 Å². The van der Waals surface area contributed by atoms with E-state index in [0.717, 1.165) is 11.5 Å². The average molecular weight is 263 g/mol. The van der Waals surface area contributed by atoms with Crippen molar-refractivity contribution >= 4 is 0 Å². The van der Waals surface area contributed by atoms with Crippen LogP contribution >= 0.6 is 0 Å². The van der Waals surface area contributed by atoms with Crippen molar-refractivity contribution in [3.05, 3.63) is 23.8 Å². The second-order valence-electron chi connectivity index (χ2n) is 5.33. The molecule has 0 saturated carbocycles. The molecular formula is C16H25NO2. The highest BCUT2D eigenvalue weighted by atomic mass is 16.6. The Labute approximate surface area is 116 Å². The largest absolute Gasteiger partial charge is 0.486 e. The molecule has 0 bridgehead atoms. The molecule has 1 aromatic carbocycles. The number of rotatable bonds is 6. The van der Waals surface area contributed by atoms with Gasteiger partial charge in [-0.15, -0.1) is 0 Å². The third-order valence-corrected chi connectivity index (χ3v) is 3.59. The summed E-state index contributed by atoms with van der Waals surface area (Å²) in [5, 5.41) is 3.64. The molecule has 3 heteroatoms. The lowest BCUT2D eigenvalue weighted by molar-refractivity contribution is 0.171. The Balaban J connectivity index is 1.97. The summed E-state index contributed by atoms with van der Waals surface area (Å²) < 4.78 is 11.2. The Morgan fingerprint density at radius 3 is 2.63 bits per heavy atom. The summed E-state index contributed by atoms with van der Waals surface area (Å²) >= 11 is 0. The summed E-state index contributed by atoms with van der Waals surface area (Å²) in [6.07, 6.45) is 3.76. The Morgan fingerprint density at radius 1 is 1.16 bits per heavy atom. The van der Waals surface area contributed by atoms with E-state index in [1.54, 1.807) is 0 Å². The number of unbranched alkanes of at least 4 members (excludes halogenated alkanes) is 1. The zero-order valence-electron chi connectivity index (χ0n) is 12.2. The van der Waals surface area contributed by atoms with Crippen molar-refractivity contribution in [2.24, 2.45) is 0 Å². The smallest absolute Gasteiger partial charge is 0.161 e. The van der Waals surface area contributed by atoms with Crippen molar-refractivity contribution in [2.45, 2.75) is 52.1 Å². The molecule has 2 atom stereocenters. The number of hydrogen-bond donors (Lipinski definition) is 1. The van der Waals surface area contributed by atoms with Crippen LogP contribution in [-0.2, 0) is 0 Å². The molecule has 0 spiro atoms. The van der Waals surface area contributed by atoms with Gasteiger partial charge in [0.2, 0.25) is 0 Å². The van der Waals surface area contributed by atoms with Crippen molar-refractivity contribution in [1.82, 2.24) is 5.32 Å². The zero-order valence-corrected chi connectivity index (χ0v) is 12.2. The molecule has 1 aliphatic rings. The first-order valence-corrected chi connectivity index (χ1v) is 7.36. The second kappa shape index (κ2) is 6.80. The fourth-order valence-electron chi connectivity index (χ4n) is 2.45. The van der Waals surface area contributed by atoms with Crippen LogP contribution in [0.5, 0.6) is 11.5 Å². The average Bonchev–Trinajstić information content (AvgIpc) is 2.44. The molecule has 1 aromatic rings. The third kappa shape index (κ3) is 3.87. The summed E-state index contributed by atoms with van der Waals surface area (Å²) in [6.45, 7) is 7.98. The summed E-state index contributed by atoms with van der Waals surface area (Å²) in [6, 6.07) is 7.11. The molecule has 1 aliphatic heterocycles. The molecule has 1 heterocycles. The van der Waals surface area contributed by atoms with E-state index < -0.39 is 0 Å². The quantitative estimate of drug-likeness (QED) is 0.849. The van der Waals surface area contributed by atoms with Crippen molar-refractivity contribution < 1.29 is 9.47 Å². The number of benzene rings is 1. The van der Waals surface area contributed by atoms with Crippen LogP contribution in [0.15, 0.2) is 18.2 Å². The van der Waals surface area contributed by atoms with Crippen LogP contribution in [0.25, 0.3) is 0 Å². The van der Waals surface area contributed by atoms with Gasteiger partial charge in [-0.3, -0.25) is 0 Å². The Bertz CT molecular complexity index is 406. The summed E-state index contributed by atoms with van der Waals surface area (Å²) in [5.74, 6) is 1.74. The molecule has 1 N–H and O–H groups in total. The molecular weight excluding hydrogens is 238 g/mol. The first-order chi connectivity index (χ1) is 9.20. The van der Waals surface area contributed by atoms with Crippen LogP contribution < -0.4 is 14.8 Å². The van der Waals surface area contributed by atoms with Gasteiger partial charge in [-0.1, -0.05) is 25.8 Å². The van der Waals surface area contributed by atoms with E-state index in [1.807, 2.05) is 6.07 Å². The molecule has 19 heavy (non-hydrogen) atoms. The highest BCUT2D eigenvalue weighted by Crippen LogP contribution is 2.32. The summed E-state index contributed by atoms with van der Waals surface area (Å²) in [4.78, 5) is 0. The molecule has 0 radical (unpaired) electrons. The van der Waals surface area contributed by atoms with Crippen molar-refractivity contribution in [3.63, 3.8) is 0 Å². The van der Waals surface area contributed by atoms with Crippen LogP contribution in [0.3, 0.4) is 0 Å². The molecule has 106 valence electrons. The van der Waals surface area contributed by atoms with Gasteiger partial charge < -0.3 is 14.8 Å². The van der Waals surface area contributed by atoms with Gasteiger partial charge in [-0.2, -0.15) is 0 Å². The van der Waals surface area contributed by atoms with E-state index in [4.69, 9.17) is 9.47 Å². The highest BCUT2D eigenvalue weighted by molar-refractivity contribution is 5.44. The predicted molar refractivity (Wildman–Crippen MR) is 78.0 cm³/mol. The summed E-state index contributed by atoms with van der Waals surface area (Å²) in [5.41, 5.74) is 1.26. The number of fused-ring (bicyclic) bond motifs is 1. The maximum atomic E-state index is 5.63. The fraction of sp³-hybridized carbons (Fsp3) is 0.625. The third-order valence-electron chi connectivity index (χ3n) is 3.59. The van der Waals surface area contributed by atoms with Gasteiger partial charge in [-0.05, 0) is 38.0 Å². The SMILES string of the molecule is CCCCC(C)NC(C)c1ccc2c(c1)OCCO2. The lowest BCUT2D eigenvalue weighted by Crippen LogP contribution is -2.29. The predicted octanol–water partition coefficient (Wildman–Crippen LogP) is 3.69. The number of nitrogens with one attached hydrogen (secondary N) is 1. The minimum absolute atomic E-state index is 0.336. The molecule has 0 saturated heterocycles. The van der Waals surface area contributed by atoms with Crippen LogP contribution in [-0.4, -0.2) is 19.3 Å². The van der Waals surface area contributed by atoms with Gasteiger partial charge in [0, 0.05) is 12.1 Å². The highest BCUT2D eigenvalue weighted by Gasteiger charge is 2.15. The van der Waals surface area contributed by atoms with Crippen LogP contribution in [0.1, 0.15) is 51.6 Å². The molecule has 0 amide bonds. The Kier molecular flexibility index (Phi) is 5.08. The number of hydrogen-bond acceptors (Lipinski definition) is 3. The van der Waals surface area contributed by atoms with E-state index in [-0.39, 0.29) is 0 Å². The molecule has 0 aromatic heterocycles. The molecule has 2 rings (SSSR count). The maximum Gasteiger partial charge on any atom is 0.161 e. The minimum atomic E-state index is 0.336. The number of ether oxygens (including phenoxy) is 2. The van der Waals surface area contributed by atoms with E-state index in [1.165, 1.54) is 24.8 Å². The van der Waals surface area contributed by atoms with Gasteiger partial charge in [-0.25, -0.2) is 0 Å². The normalized spacial score (nSPS) is 17.0. The van der Waals surface area contributed by atoms with Gasteiger partial charge in [0.05, 0.1) is 0 Å².